The van der Waals surface area contributed by atoms with Gasteiger partial charge in [0.05, 0.1) is 12.7 Å². The molecule has 3 aliphatic rings. The van der Waals surface area contributed by atoms with E-state index in [2.05, 4.69) is 45.7 Å². The van der Waals surface area contributed by atoms with E-state index in [1.165, 1.54) is 24.7 Å². The molecule has 3 fully saturated rings. The van der Waals surface area contributed by atoms with Crippen molar-refractivity contribution < 1.29 is 14.1 Å². The van der Waals surface area contributed by atoms with E-state index in [0.717, 1.165) is 63.6 Å². The second-order valence-corrected chi connectivity index (χ2v) is 10.7. The van der Waals surface area contributed by atoms with Crippen LogP contribution in [0, 0.1) is 0 Å². The Morgan fingerprint density at radius 2 is 1.86 bits per heavy atom. The molecule has 6 rings (SSSR count). The SMILES string of the molecule is COC(=O)c1ccc(CN2CCC(c3nc(C4(CN[C@H]5CC5c5ccccc5)CC4)no3)CC2)cc1. The van der Waals surface area contributed by atoms with Crippen LogP contribution in [0.3, 0.4) is 0 Å². The van der Waals surface area contributed by atoms with Crippen LogP contribution < -0.4 is 5.32 Å². The first-order chi connectivity index (χ1) is 17.6. The molecule has 0 radical (unpaired) electrons. The minimum absolute atomic E-state index is 0.0582. The highest BCUT2D eigenvalue weighted by molar-refractivity contribution is 5.89. The molecule has 2 saturated carbocycles. The molecule has 1 aliphatic heterocycles. The van der Waals surface area contributed by atoms with Crippen LogP contribution in [-0.4, -0.2) is 53.8 Å². The molecule has 2 aromatic carbocycles. The van der Waals surface area contributed by atoms with E-state index < -0.39 is 0 Å². The largest absolute Gasteiger partial charge is 0.465 e. The Labute approximate surface area is 212 Å². The monoisotopic (exact) mass is 486 g/mol. The number of methoxy groups -OCH3 is 1. The second-order valence-electron chi connectivity index (χ2n) is 10.7. The lowest BCUT2D eigenvalue weighted by Gasteiger charge is -2.30. The maximum absolute atomic E-state index is 11.6. The van der Waals surface area contributed by atoms with Crippen LogP contribution >= 0.6 is 0 Å². The van der Waals surface area contributed by atoms with E-state index in [1.807, 2.05) is 24.3 Å². The van der Waals surface area contributed by atoms with E-state index in [-0.39, 0.29) is 11.4 Å². The number of esters is 1. The maximum atomic E-state index is 11.6. The Bertz CT molecular complexity index is 1180. The van der Waals surface area contributed by atoms with Crippen molar-refractivity contribution in [3.8, 4) is 0 Å². The first kappa shape index (κ1) is 23.4. The zero-order valence-electron chi connectivity index (χ0n) is 20.9. The number of rotatable bonds is 9. The quantitative estimate of drug-likeness (QED) is 0.449. The highest BCUT2D eigenvalue weighted by Gasteiger charge is 2.50. The molecule has 1 aromatic heterocycles. The summed E-state index contributed by atoms with van der Waals surface area (Å²) in [7, 11) is 1.41. The fourth-order valence-electron chi connectivity index (χ4n) is 5.52. The molecule has 2 aliphatic carbocycles. The zero-order valence-corrected chi connectivity index (χ0v) is 20.9. The fraction of sp³-hybridized carbons (Fsp3) is 0.483. The summed E-state index contributed by atoms with van der Waals surface area (Å²) in [6, 6.07) is 19.1. The first-order valence-electron chi connectivity index (χ1n) is 13.2. The molecule has 3 aromatic rings. The Morgan fingerprint density at radius 1 is 1.11 bits per heavy atom. The molecule has 2 atom stereocenters. The third-order valence-electron chi connectivity index (χ3n) is 8.21. The van der Waals surface area contributed by atoms with Gasteiger partial charge in [-0.3, -0.25) is 4.90 Å². The lowest BCUT2D eigenvalue weighted by Crippen LogP contribution is -2.32. The van der Waals surface area contributed by atoms with Crippen LogP contribution in [0.25, 0.3) is 0 Å². The van der Waals surface area contributed by atoms with Gasteiger partial charge in [-0.25, -0.2) is 4.79 Å². The number of piperidine rings is 1. The minimum Gasteiger partial charge on any atom is -0.465 e. The third-order valence-corrected chi connectivity index (χ3v) is 8.21. The Kier molecular flexibility index (Phi) is 6.36. The van der Waals surface area contributed by atoms with Gasteiger partial charge in [0.1, 0.15) is 0 Å². The van der Waals surface area contributed by atoms with E-state index in [4.69, 9.17) is 14.2 Å². The van der Waals surface area contributed by atoms with Crippen LogP contribution in [0.1, 0.15) is 77.1 Å². The lowest BCUT2D eigenvalue weighted by atomic mass is 9.96. The molecule has 2 heterocycles. The van der Waals surface area contributed by atoms with Gasteiger partial charge in [-0.2, -0.15) is 4.98 Å². The Balaban J connectivity index is 0.987. The van der Waals surface area contributed by atoms with Gasteiger partial charge in [0.15, 0.2) is 5.82 Å². The highest BCUT2D eigenvalue weighted by Crippen LogP contribution is 2.48. The van der Waals surface area contributed by atoms with Gasteiger partial charge in [-0.05, 0) is 68.5 Å². The molecule has 1 N–H and O–H groups in total. The van der Waals surface area contributed by atoms with Crippen molar-refractivity contribution in [3.05, 3.63) is 83.0 Å². The molecular weight excluding hydrogens is 452 g/mol. The summed E-state index contributed by atoms with van der Waals surface area (Å²) in [6.07, 6.45) is 5.53. The fourth-order valence-corrected chi connectivity index (χ4v) is 5.52. The van der Waals surface area contributed by atoms with Crippen molar-refractivity contribution in [2.45, 2.75) is 61.9 Å². The average Bonchev–Trinajstić information content (AvgIpc) is 3.84. The number of carbonyl (C=O) groups excluding carboxylic acids is 1. The number of aromatic nitrogens is 2. The maximum Gasteiger partial charge on any atom is 0.337 e. The summed E-state index contributed by atoms with van der Waals surface area (Å²) in [5.41, 5.74) is 3.28. The van der Waals surface area contributed by atoms with Crippen molar-refractivity contribution in [2.24, 2.45) is 0 Å². The number of ether oxygens (including phenoxy) is 1. The van der Waals surface area contributed by atoms with Gasteiger partial charge in [0.2, 0.25) is 5.89 Å². The van der Waals surface area contributed by atoms with E-state index in [1.54, 1.807) is 0 Å². The van der Waals surface area contributed by atoms with Crippen LogP contribution in [0.15, 0.2) is 59.1 Å². The van der Waals surface area contributed by atoms with E-state index in [9.17, 15) is 4.79 Å². The third kappa shape index (κ3) is 4.95. The van der Waals surface area contributed by atoms with Crippen LogP contribution in [-0.2, 0) is 16.7 Å². The highest BCUT2D eigenvalue weighted by atomic mass is 16.5. The molecule has 1 saturated heterocycles. The van der Waals surface area contributed by atoms with E-state index >= 15 is 0 Å². The van der Waals surface area contributed by atoms with Gasteiger partial charge in [-0.15, -0.1) is 0 Å². The predicted octanol–water partition coefficient (Wildman–Crippen LogP) is 4.41. The number of benzene rings is 2. The molecule has 36 heavy (non-hydrogen) atoms. The van der Waals surface area contributed by atoms with Crippen LogP contribution in [0.5, 0.6) is 0 Å². The average molecular weight is 487 g/mol. The van der Waals surface area contributed by atoms with Crippen molar-refractivity contribution >= 4 is 5.97 Å². The summed E-state index contributed by atoms with van der Waals surface area (Å²) in [5.74, 6) is 2.38. The minimum atomic E-state index is -0.297. The summed E-state index contributed by atoms with van der Waals surface area (Å²) >= 11 is 0. The van der Waals surface area contributed by atoms with Crippen LogP contribution in [0.2, 0.25) is 0 Å². The molecule has 7 heteroatoms. The normalized spacial score (nSPS) is 23.4. The van der Waals surface area contributed by atoms with Gasteiger partial charge in [0, 0.05) is 36.4 Å². The number of nitrogens with one attached hydrogen (secondary N) is 1. The molecule has 0 spiro atoms. The van der Waals surface area contributed by atoms with Crippen molar-refractivity contribution in [1.82, 2.24) is 20.4 Å². The topological polar surface area (TPSA) is 80.5 Å². The summed E-state index contributed by atoms with van der Waals surface area (Å²) in [5, 5.41) is 8.22. The standard InChI is InChI=1S/C29H34N4O3/c1-35-27(34)23-9-7-20(8-10-23)18-33-15-11-22(12-16-33)26-31-28(32-36-26)29(13-14-29)19-30-25-17-24(25)21-5-3-2-4-6-21/h2-10,22,24-25,30H,11-19H2,1H3/t24?,25-/m0/s1. The summed E-state index contributed by atoms with van der Waals surface area (Å²) in [6.45, 7) is 3.81. The smallest absolute Gasteiger partial charge is 0.337 e. The lowest BCUT2D eigenvalue weighted by molar-refractivity contribution is 0.0600. The summed E-state index contributed by atoms with van der Waals surface area (Å²) in [4.78, 5) is 19.0. The van der Waals surface area contributed by atoms with Crippen molar-refractivity contribution in [2.75, 3.05) is 26.7 Å². The molecular formula is C29H34N4O3. The number of likely N-dealkylation sites (tertiary alicyclic amines) is 1. The molecule has 0 amide bonds. The van der Waals surface area contributed by atoms with Crippen LogP contribution in [0.4, 0.5) is 0 Å². The Hall–Kier alpha value is -3.03. The predicted molar refractivity (Wildman–Crippen MR) is 136 cm³/mol. The van der Waals surface area contributed by atoms with Crippen molar-refractivity contribution in [3.63, 3.8) is 0 Å². The van der Waals surface area contributed by atoms with Gasteiger partial charge >= 0.3 is 5.97 Å². The summed E-state index contributed by atoms with van der Waals surface area (Å²) < 4.78 is 10.6. The number of hydrogen-bond acceptors (Lipinski definition) is 7. The number of carbonyl (C=O) groups is 1. The number of nitrogens with zero attached hydrogens (tertiary/aromatic N) is 3. The second kappa shape index (κ2) is 9.79. The molecule has 7 nitrogen and oxygen atoms in total. The molecule has 1 unspecified atom stereocenters. The van der Waals surface area contributed by atoms with E-state index in [0.29, 0.717) is 23.4 Å². The zero-order chi connectivity index (χ0) is 24.5. The Morgan fingerprint density at radius 3 is 2.56 bits per heavy atom. The number of hydrogen-bond donors (Lipinski definition) is 1. The van der Waals surface area contributed by atoms with Gasteiger partial charge < -0.3 is 14.6 Å². The van der Waals surface area contributed by atoms with Gasteiger partial charge in [0.25, 0.3) is 0 Å². The van der Waals surface area contributed by atoms with Gasteiger partial charge in [-0.1, -0.05) is 47.6 Å². The molecule has 0 bridgehead atoms. The van der Waals surface area contributed by atoms with Crippen molar-refractivity contribution in [1.29, 1.82) is 0 Å². The molecule has 188 valence electrons. The first-order valence-corrected chi connectivity index (χ1v) is 13.2.